The number of halogens is 2. The lowest BCUT2D eigenvalue weighted by molar-refractivity contribution is 0.635. The van der Waals surface area contributed by atoms with Crippen molar-refractivity contribution in [3.8, 4) is 0 Å². The number of hydrogen-bond acceptors (Lipinski definition) is 2. The summed E-state index contributed by atoms with van der Waals surface area (Å²) in [5, 5.41) is 0.891. The number of thiazole rings is 1. The van der Waals surface area contributed by atoms with Crippen LogP contribution in [0, 0.1) is 12.7 Å². The molecule has 62 valence electrons. The molecular weight excluding hydrogens is 241 g/mol. The van der Waals surface area contributed by atoms with Gasteiger partial charge in [0, 0.05) is 0 Å². The van der Waals surface area contributed by atoms with Crippen LogP contribution in [0.4, 0.5) is 4.39 Å². The maximum Gasteiger partial charge on any atom is 0.156 e. The minimum atomic E-state index is -0.210. The first-order valence-corrected chi connectivity index (χ1v) is 5.00. The predicted molar refractivity (Wildman–Crippen MR) is 52.0 cm³/mol. The van der Waals surface area contributed by atoms with E-state index in [2.05, 4.69) is 20.9 Å². The number of benzene rings is 1. The monoisotopic (exact) mass is 245 g/mol. The highest BCUT2D eigenvalue weighted by Crippen LogP contribution is 2.28. The van der Waals surface area contributed by atoms with Crippen LogP contribution in [0.25, 0.3) is 10.2 Å². The number of rotatable bonds is 0. The summed E-state index contributed by atoms with van der Waals surface area (Å²) in [6.07, 6.45) is 0. The van der Waals surface area contributed by atoms with Crippen LogP contribution in [0.15, 0.2) is 16.6 Å². The van der Waals surface area contributed by atoms with E-state index < -0.39 is 0 Å². The van der Waals surface area contributed by atoms with E-state index in [4.69, 9.17) is 0 Å². The topological polar surface area (TPSA) is 12.9 Å². The second kappa shape index (κ2) is 2.78. The highest BCUT2D eigenvalue weighted by molar-refractivity contribution is 9.10. The molecular formula is C8H5BrFNS. The van der Waals surface area contributed by atoms with E-state index in [-0.39, 0.29) is 5.82 Å². The van der Waals surface area contributed by atoms with Crippen molar-refractivity contribution in [2.75, 3.05) is 0 Å². The number of hydrogen-bond donors (Lipinski definition) is 0. The molecule has 0 radical (unpaired) electrons. The Morgan fingerprint density at radius 3 is 3.00 bits per heavy atom. The molecule has 0 aliphatic rings. The third-order valence-corrected chi connectivity index (χ3v) is 3.15. The van der Waals surface area contributed by atoms with Crippen molar-refractivity contribution in [1.82, 2.24) is 4.98 Å². The third-order valence-electron chi connectivity index (χ3n) is 1.56. The van der Waals surface area contributed by atoms with E-state index in [1.165, 1.54) is 11.3 Å². The number of aromatic nitrogens is 1. The molecule has 1 aromatic heterocycles. The van der Waals surface area contributed by atoms with Gasteiger partial charge in [0.2, 0.25) is 0 Å². The summed E-state index contributed by atoms with van der Waals surface area (Å²) in [5.74, 6) is -0.210. The van der Waals surface area contributed by atoms with Gasteiger partial charge in [-0.1, -0.05) is 0 Å². The van der Waals surface area contributed by atoms with Crippen LogP contribution in [0.5, 0.6) is 0 Å². The number of fused-ring (bicyclic) bond motifs is 1. The summed E-state index contributed by atoms with van der Waals surface area (Å²) in [6, 6.07) is 3.49. The highest BCUT2D eigenvalue weighted by atomic mass is 79.9. The molecule has 0 bridgehead atoms. The molecule has 4 heteroatoms. The van der Waals surface area contributed by atoms with Crippen molar-refractivity contribution in [2.45, 2.75) is 6.92 Å². The maximum absolute atomic E-state index is 13.3. The van der Waals surface area contributed by atoms with E-state index in [1.807, 2.05) is 13.0 Å². The van der Waals surface area contributed by atoms with Gasteiger partial charge in [0.05, 0.1) is 19.7 Å². The van der Waals surface area contributed by atoms with Crippen LogP contribution in [0.2, 0.25) is 0 Å². The van der Waals surface area contributed by atoms with E-state index in [9.17, 15) is 4.39 Å². The Bertz CT molecular complexity index is 438. The SMILES string of the molecule is Cc1nc2ccc(Br)c(F)c2s1. The molecule has 0 aliphatic heterocycles. The molecule has 0 saturated carbocycles. The smallest absolute Gasteiger partial charge is 0.156 e. The lowest BCUT2D eigenvalue weighted by Crippen LogP contribution is -1.76. The number of nitrogens with zero attached hydrogens (tertiary/aromatic N) is 1. The van der Waals surface area contributed by atoms with Crippen LogP contribution in [0.1, 0.15) is 5.01 Å². The molecule has 0 saturated heterocycles. The van der Waals surface area contributed by atoms with Crippen molar-refractivity contribution < 1.29 is 4.39 Å². The normalized spacial score (nSPS) is 10.9. The maximum atomic E-state index is 13.3. The molecule has 0 atom stereocenters. The first-order valence-electron chi connectivity index (χ1n) is 3.39. The fourth-order valence-corrected chi connectivity index (χ4v) is 2.37. The molecule has 2 rings (SSSR count). The lowest BCUT2D eigenvalue weighted by Gasteiger charge is -1.92. The predicted octanol–water partition coefficient (Wildman–Crippen LogP) is 3.51. The molecule has 2 aromatic rings. The van der Waals surface area contributed by atoms with Crippen molar-refractivity contribution in [1.29, 1.82) is 0 Å². The van der Waals surface area contributed by atoms with Gasteiger partial charge in [-0.15, -0.1) is 11.3 Å². The molecule has 1 nitrogen and oxygen atoms in total. The van der Waals surface area contributed by atoms with Crippen LogP contribution in [-0.2, 0) is 0 Å². The quantitative estimate of drug-likeness (QED) is 0.693. The Labute approximate surface area is 81.4 Å². The van der Waals surface area contributed by atoms with E-state index in [0.29, 0.717) is 9.17 Å². The van der Waals surface area contributed by atoms with Crippen LogP contribution < -0.4 is 0 Å². The van der Waals surface area contributed by atoms with Gasteiger partial charge in [0.15, 0.2) is 5.82 Å². The molecule has 0 unspecified atom stereocenters. The van der Waals surface area contributed by atoms with Crippen LogP contribution in [-0.4, -0.2) is 4.98 Å². The van der Waals surface area contributed by atoms with Gasteiger partial charge in [0.1, 0.15) is 0 Å². The molecule has 0 amide bonds. The standard InChI is InChI=1S/C8H5BrFNS/c1-4-11-6-3-2-5(9)7(10)8(6)12-4/h2-3H,1H3. The van der Waals surface area contributed by atoms with Crippen molar-refractivity contribution in [3.05, 3.63) is 27.4 Å². The van der Waals surface area contributed by atoms with E-state index in [0.717, 1.165) is 10.5 Å². The lowest BCUT2D eigenvalue weighted by atomic mass is 10.3. The zero-order valence-electron chi connectivity index (χ0n) is 6.27. The summed E-state index contributed by atoms with van der Waals surface area (Å²) in [6.45, 7) is 1.87. The summed E-state index contributed by atoms with van der Waals surface area (Å²) in [4.78, 5) is 4.17. The zero-order valence-corrected chi connectivity index (χ0v) is 8.67. The van der Waals surface area contributed by atoms with Gasteiger partial charge >= 0.3 is 0 Å². The molecule has 1 heterocycles. The highest BCUT2D eigenvalue weighted by Gasteiger charge is 2.08. The fourth-order valence-electron chi connectivity index (χ4n) is 1.05. The molecule has 0 N–H and O–H groups in total. The summed E-state index contributed by atoms with van der Waals surface area (Å²) < 4.78 is 14.5. The minimum Gasteiger partial charge on any atom is -0.241 e. The van der Waals surface area contributed by atoms with Gasteiger partial charge in [-0.25, -0.2) is 9.37 Å². The molecule has 0 fully saturated rings. The summed E-state index contributed by atoms with van der Waals surface area (Å²) >= 11 is 4.51. The average molecular weight is 246 g/mol. The first-order chi connectivity index (χ1) is 5.68. The zero-order chi connectivity index (χ0) is 8.72. The average Bonchev–Trinajstić information content (AvgIpc) is 2.39. The summed E-state index contributed by atoms with van der Waals surface area (Å²) in [7, 11) is 0. The van der Waals surface area contributed by atoms with Crippen molar-refractivity contribution in [2.24, 2.45) is 0 Å². The Balaban J connectivity index is 2.89. The first kappa shape index (κ1) is 8.13. The van der Waals surface area contributed by atoms with Crippen molar-refractivity contribution in [3.63, 3.8) is 0 Å². The van der Waals surface area contributed by atoms with Crippen molar-refractivity contribution >= 4 is 37.5 Å². The largest absolute Gasteiger partial charge is 0.241 e. The second-order valence-corrected chi connectivity index (χ2v) is 4.50. The Hall–Kier alpha value is -0.480. The van der Waals surface area contributed by atoms with Gasteiger partial charge < -0.3 is 0 Å². The van der Waals surface area contributed by atoms with Crippen LogP contribution in [0.3, 0.4) is 0 Å². The minimum absolute atomic E-state index is 0.210. The second-order valence-electron chi connectivity index (χ2n) is 2.44. The Morgan fingerprint density at radius 1 is 1.50 bits per heavy atom. The van der Waals surface area contributed by atoms with E-state index >= 15 is 0 Å². The van der Waals surface area contributed by atoms with Gasteiger partial charge in [0.25, 0.3) is 0 Å². The third kappa shape index (κ3) is 1.15. The van der Waals surface area contributed by atoms with Gasteiger partial charge in [-0.3, -0.25) is 0 Å². The van der Waals surface area contributed by atoms with Gasteiger partial charge in [-0.05, 0) is 35.0 Å². The molecule has 12 heavy (non-hydrogen) atoms. The Kier molecular flexibility index (Phi) is 1.88. The molecule has 0 aliphatic carbocycles. The number of aryl methyl sites for hydroxylation is 1. The summed E-state index contributed by atoms with van der Waals surface area (Å²) in [5.41, 5.74) is 0.734. The van der Waals surface area contributed by atoms with Crippen LogP contribution >= 0.6 is 27.3 Å². The van der Waals surface area contributed by atoms with Gasteiger partial charge in [-0.2, -0.15) is 0 Å². The Morgan fingerprint density at radius 2 is 2.25 bits per heavy atom. The molecule has 0 spiro atoms. The van der Waals surface area contributed by atoms with E-state index in [1.54, 1.807) is 6.07 Å². The fraction of sp³-hybridized carbons (Fsp3) is 0.125. The molecule has 1 aromatic carbocycles.